The number of hydrogen-bond donors (Lipinski definition) is 0. The molecule has 3 nitrogen and oxygen atoms in total. The fourth-order valence-electron chi connectivity index (χ4n) is 0.755. The van der Waals surface area contributed by atoms with Gasteiger partial charge in [-0.25, -0.2) is 0 Å². The minimum atomic E-state index is -0.299. The summed E-state index contributed by atoms with van der Waals surface area (Å²) in [6.45, 7) is 3.96. The molecular weight excluding hydrogens is 144 g/mol. The Kier molecular flexibility index (Phi) is 5.43. The highest BCUT2D eigenvalue weighted by atomic mass is 16.5. The standard InChI is InChI=1S/C8H13O3/c1-3-7(5-6-9)8(10)11-4-2/h7H,3-5H2,1-2H3. The van der Waals surface area contributed by atoms with Gasteiger partial charge in [-0.1, -0.05) is 6.92 Å². The molecule has 0 amide bonds. The number of ether oxygens (including phenoxy) is 1. The molecule has 0 aromatic rings. The van der Waals surface area contributed by atoms with Crippen LogP contribution in [0.3, 0.4) is 0 Å². The van der Waals surface area contributed by atoms with Gasteiger partial charge in [0.2, 0.25) is 0 Å². The first kappa shape index (κ1) is 10.1. The molecule has 0 fully saturated rings. The van der Waals surface area contributed by atoms with E-state index in [0.29, 0.717) is 13.0 Å². The van der Waals surface area contributed by atoms with Gasteiger partial charge in [-0.15, -0.1) is 0 Å². The Morgan fingerprint density at radius 1 is 1.55 bits per heavy atom. The molecule has 0 aromatic carbocycles. The minimum Gasteiger partial charge on any atom is -0.466 e. The van der Waals surface area contributed by atoms with Crippen molar-refractivity contribution in [3.63, 3.8) is 0 Å². The van der Waals surface area contributed by atoms with Crippen LogP contribution in [0.4, 0.5) is 0 Å². The molecule has 1 radical (unpaired) electrons. The van der Waals surface area contributed by atoms with Crippen molar-refractivity contribution in [3.8, 4) is 0 Å². The van der Waals surface area contributed by atoms with Gasteiger partial charge in [-0.05, 0) is 13.3 Å². The smallest absolute Gasteiger partial charge is 0.309 e. The van der Waals surface area contributed by atoms with Crippen molar-refractivity contribution in [1.29, 1.82) is 0 Å². The fourth-order valence-corrected chi connectivity index (χ4v) is 0.755. The van der Waals surface area contributed by atoms with Gasteiger partial charge in [0.15, 0.2) is 6.29 Å². The van der Waals surface area contributed by atoms with E-state index in [1.54, 1.807) is 13.2 Å². The summed E-state index contributed by atoms with van der Waals surface area (Å²) in [5, 5.41) is 0. The van der Waals surface area contributed by atoms with E-state index in [0.717, 1.165) is 0 Å². The first-order valence-corrected chi connectivity index (χ1v) is 3.77. The van der Waals surface area contributed by atoms with Gasteiger partial charge < -0.3 is 4.74 Å². The van der Waals surface area contributed by atoms with Crippen molar-refractivity contribution >= 4 is 12.3 Å². The molecule has 63 valence electrons. The van der Waals surface area contributed by atoms with Gasteiger partial charge in [0.1, 0.15) is 0 Å². The maximum Gasteiger partial charge on any atom is 0.309 e. The van der Waals surface area contributed by atoms with Gasteiger partial charge in [-0.2, -0.15) is 0 Å². The fraction of sp³-hybridized carbons (Fsp3) is 0.750. The van der Waals surface area contributed by atoms with Crippen LogP contribution in [0.5, 0.6) is 0 Å². The van der Waals surface area contributed by atoms with E-state index in [1.807, 2.05) is 6.92 Å². The quantitative estimate of drug-likeness (QED) is 0.561. The number of esters is 1. The molecule has 1 atom stereocenters. The predicted octanol–water partition coefficient (Wildman–Crippen LogP) is 1.08. The van der Waals surface area contributed by atoms with Crippen molar-refractivity contribution < 1.29 is 14.3 Å². The van der Waals surface area contributed by atoms with E-state index in [2.05, 4.69) is 0 Å². The molecule has 0 rings (SSSR count). The van der Waals surface area contributed by atoms with Crippen molar-refractivity contribution in [3.05, 3.63) is 0 Å². The summed E-state index contributed by atoms with van der Waals surface area (Å²) in [6.07, 6.45) is 2.49. The molecule has 0 aromatic heterocycles. The van der Waals surface area contributed by atoms with Crippen LogP contribution in [0.25, 0.3) is 0 Å². The summed E-state index contributed by atoms with van der Waals surface area (Å²) in [4.78, 5) is 20.9. The summed E-state index contributed by atoms with van der Waals surface area (Å²) >= 11 is 0. The molecule has 0 aliphatic heterocycles. The Bertz CT molecular complexity index is 131. The SMILES string of the molecule is CCOC(=O)C(CC)C[C]=O. The van der Waals surface area contributed by atoms with E-state index in [-0.39, 0.29) is 18.3 Å². The van der Waals surface area contributed by atoms with Gasteiger partial charge in [0.25, 0.3) is 0 Å². The molecule has 11 heavy (non-hydrogen) atoms. The van der Waals surface area contributed by atoms with E-state index in [1.165, 1.54) is 0 Å². The second kappa shape index (κ2) is 5.89. The monoisotopic (exact) mass is 157 g/mol. The molecule has 0 saturated heterocycles. The van der Waals surface area contributed by atoms with Crippen LogP contribution in [0.15, 0.2) is 0 Å². The number of carbonyl (C=O) groups excluding carboxylic acids is 2. The molecule has 0 N–H and O–H groups in total. The Labute approximate surface area is 66.7 Å². The molecule has 0 aliphatic rings. The zero-order valence-corrected chi connectivity index (χ0v) is 6.92. The largest absolute Gasteiger partial charge is 0.466 e. The zero-order chi connectivity index (χ0) is 8.69. The number of rotatable bonds is 5. The molecule has 0 heterocycles. The first-order valence-electron chi connectivity index (χ1n) is 3.77. The average Bonchev–Trinajstić information content (AvgIpc) is 2.00. The Morgan fingerprint density at radius 3 is 2.55 bits per heavy atom. The van der Waals surface area contributed by atoms with Gasteiger partial charge >= 0.3 is 5.97 Å². The molecule has 0 saturated carbocycles. The maximum absolute atomic E-state index is 11.0. The second-order valence-electron chi connectivity index (χ2n) is 2.21. The van der Waals surface area contributed by atoms with Crippen LogP contribution in [0, 0.1) is 5.92 Å². The molecule has 0 spiro atoms. The van der Waals surface area contributed by atoms with Crippen LogP contribution in [-0.4, -0.2) is 18.9 Å². The van der Waals surface area contributed by atoms with Crippen LogP contribution in [-0.2, 0) is 14.3 Å². The third-order valence-electron chi connectivity index (χ3n) is 1.44. The van der Waals surface area contributed by atoms with E-state index < -0.39 is 0 Å². The highest BCUT2D eigenvalue weighted by molar-refractivity contribution is 5.75. The van der Waals surface area contributed by atoms with Crippen molar-refractivity contribution in [2.45, 2.75) is 26.7 Å². The van der Waals surface area contributed by atoms with Crippen molar-refractivity contribution in [1.82, 2.24) is 0 Å². The van der Waals surface area contributed by atoms with Crippen LogP contribution < -0.4 is 0 Å². The molecule has 3 heteroatoms. The second-order valence-corrected chi connectivity index (χ2v) is 2.21. The highest BCUT2D eigenvalue weighted by Gasteiger charge is 2.16. The Morgan fingerprint density at radius 2 is 2.18 bits per heavy atom. The van der Waals surface area contributed by atoms with Crippen molar-refractivity contribution in [2.24, 2.45) is 5.92 Å². The number of hydrogen-bond acceptors (Lipinski definition) is 3. The van der Waals surface area contributed by atoms with Gasteiger partial charge in [0, 0.05) is 6.42 Å². The molecule has 0 bridgehead atoms. The topological polar surface area (TPSA) is 43.4 Å². The molecule has 1 unspecified atom stereocenters. The third-order valence-corrected chi connectivity index (χ3v) is 1.44. The molecule has 0 aliphatic carbocycles. The molecular formula is C8H13O3. The van der Waals surface area contributed by atoms with Crippen LogP contribution >= 0.6 is 0 Å². The van der Waals surface area contributed by atoms with Crippen LogP contribution in [0.2, 0.25) is 0 Å². The highest BCUT2D eigenvalue weighted by Crippen LogP contribution is 2.08. The number of carbonyl (C=O) groups is 1. The average molecular weight is 157 g/mol. The lowest BCUT2D eigenvalue weighted by atomic mass is 10.0. The summed E-state index contributed by atoms with van der Waals surface area (Å²) < 4.78 is 4.73. The third kappa shape index (κ3) is 3.75. The maximum atomic E-state index is 11.0. The van der Waals surface area contributed by atoms with E-state index in [9.17, 15) is 9.59 Å². The van der Waals surface area contributed by atoms with E-state index >= 15 is 0 Å². The van der Waals surface area contributed by atoms with E-state index in [4.69, 9.17) is 4.74 Å². The van der Waals surface area contributed by atoms with Gasteiger partial charge in [-0.3, -0.25) is 9.59 Å². The van der Waals surface area contributed by atoms with Gasteiger partial charge in [0.05, 0.1) is 12.5 Å². The summed E-state index contributed by atoms with van der Waals surface area (Å²) in [6, 6.07) is 0. The Hall–Kier alpha value is -0.860. The van der Waals surface area contributed by atoms with Crippen LogP contribution in [0.1, 0.15) is 26.7 Å². The Balaban J connectivity index is 3.80. The first-order chi connectivity index (χ1) is 5.26. The summed E-state index contributed by atoms with van der Waals surface area (Å²) in [5.41, 5.74) is 0. The zero-order valence-electron chi connectivity index (χ0n) is 6.92. The summed E-state index contributed by atoms with van der Waals surface area (Å²) in [5.74, 6) is -0.592. The lowest BCUT2D eigenvalue weighted by Gasteiger charge is -2.08. The van der Waals surface area contributed by atoms with Crippen molar-refractivity contribution in [2.75, 3.05) is 6.61 Å². The predicted molar refractivity (Wildman–Crippen MR) is 40.7 cm³/mol. The summed E-state index contributed by atoms with van der Waals surface area (Å²) in [7, 11) is 0. The lowest BCUT2D eigenvalue weighted by molar-refractivity contribution is -0.147. The minimum absolute atomic E-state index is 0.148. The normalized spacial score (nSPS) is 12.2. The lowest BCUT2D eigenvalue weighted by Crippen LogP contribution is -2.17.